The van der Waals surface area contributed by atoms with Gasteiger partial charge in [0.2, 0.25) is 0 Å². The summed E-state index contributed by atoms with van der Waals surface area (Å²) in [4.78, 5) is 14.0. The van der Waals surface area contributed by atoms with E-state index in [9.17, 15) is 4.79 Å². The molecular formula is C12H17N3O2. The monoisotopic (exact) mass is 235 g/mol. The zero-order valence-corrected chi connectivity index (χ0v) is 10.2. The van der Waals surface area contributed by atoms with Gasteiger partial charge in [0.15, 0.2) is 0 Å². The van der Waals surface area contributed by atoms with Crippen molar-refractivity contribution in [1.29, 1.82) is 0 Å². The summed E-state index contributed by atoms with van der Waals surface area (Å²) < 4.78 is 0. The Hall–Kier alpha value is -1.49. The fraction of sp³-hybridized carbons (Fsp3) is 0.583. The fourth-order valence-electron chi connectivity index (χ4n) is 2.10. The number of hydrogen-bond donors (Lipinski definition) is 1. The molecule has 1 aliphatic rings. The molecule has 1 fully saturated rings. The molecule has 1 aromatic rings. The molecule has 0 spiro atoms. The van der Waals surface area contributed by atoms with Crippen LogP contribution in [0.15, 0.2) is 6.07 Å². The van der Waals surface area contributed by atoms with Gasteiger partial charge in [-0.15, -0.1) is 0 Å². The molecule has 1 N–H and O–H groups in total. The second-order valence-corrected chi connectivity index (χ2v) is 4.57. The van der Waals surface area contributed by atoms with Crippen LogP contribution >= 0.6 is 0 Å². The molecule has 2 rings (SSSR count). The summed E-state index contributed by atoms with van der Waals surface area (Å²) >= 11 is 0. The second-order valence-electron chi connectivity index (χ2n) is 4.57. The molecule has 1 amide bonds. The minimum Gasteiger partial charge on any atom is -0.396 e. The number of hydrogen-bond acceptors (Lipinski definition) is 4. The lowest BCUT2D eigenvalue weighted by molar-refractivity contribution is 0.0780. The topological polar surface area (TPSA) is 66.3 Å². The third kappa shape index (κ3) is 2.44. The molecule has 17 heavy (non-hydrogen) atoms. The Bertz CT molecular complexity index is 434. The highest BCUT2D eigenvalue weighted by Crippen LogP contribution is 2.19. The van der Waals surface area contributed by atoms with Crippen molar-refractivity contribution in [3.8, 4) is 0 Å². The molecule has 0 aliphatic carbocycles. The number of carbonyl (C=O) groups excluding carboxylic acids is 1. The first-order chi connectivity index (χ1) is 8.11. The third-order valence-electron chi connectivity index (χ3n) is 3.16. The van der Waals surface area contributed by atoms with Gasteiger partial charge in [0.1, 0.15) is 0 Å². The fourth-order valence-corrected chi connectivity index (χ4v) is 2.10. The van der Waals surface area contributed by atoms with Gasteiger partial charge in [0.05, 0.1) is 17.0 Å². The largest absolute Gasteiger partial charge is 0.396 e. The first-order valence-electron chi connectivity index (χ1n) is 5.83. The van der Waals surface area contributed by atoms with Gasteiger partial charge in [-0.25, -0.2) is 0 Å². The molecular weight excluding hydrogens is 218 g/mol. The first-order valence-corrected chi connectivity index (χ1v) is 5.83. The van der Waals surface area contributed by atoms with Crippen LogP contribution in [0.3, 0.4) is 0 Å². The normalized spacial score (nSPS) is 19.7. The Kier molecular flexibility index (Phi) is 3.38. The van der Waals surface area contributed by atoms with E-state index < -0.39 is 0 Å². The smallest absolute Gasteiger partial charge is 0.255 e. The zero-order valence-electron chi connectivity index (χ0n) is 10.2. The lowest BCUT2D eigenvalue weighted by Gasteiger charge is -2.17. The highest BCUT2D eigenvalue weighted by molar-refractivity contribution is 5.95. The summed E-state index contributed by atoms with van der Waals surface area (Å²) in [6.07, 6.45) is 0.874. The number of aryl methyl sites for hydroxylation is 2. The highest BCUT2D eigenvalue weighted by atomic mass is 16.3. The summed E-state index contributed by atoms with van der Waals surface area (Å²) in [6.45, 7) is 5.11. The Labute approximate surface area is 100 Å². The molecule has 1 aromatic heterocycles. The van der Waals surface area contributed by atoms with E-state index in [2.05, 4.69) is 10.2 Å². The Morgan fingerprint density at radius 3 is 2.94 bits per heavy atom. The maximum atomic E-state index is 12.3. The van der Waals surface area contributed by atoms with Gasteiger partial charge in [0.25, 0.3) is 5.91 Å². The van der Waals surface area contributed by atoms with E-state index >= 15 is 0 Å². The molecule has 1 atom stereocenters. The van der Waals surface area contributed by atoms with Crippen molar-refractivity contribution < 1.29 is 9.90 Å². The highest BCUT2D eigenvalue weighted by Gasteiger charge is 2.27. The number of aliphatic hydroxyl groups excluding tert-OH is 1. The summed E-state index contributed by atoms with van der Waals surface area (Å²) in [5.74, 6) is 0.214. The number of likely N-dealkylation sites (tertiary alicyclic amines) is 1. The zero-order chi connectivity index (χ0) is 12.4. The van der Waals surface area contributed by atoms with Crippen LogP contribution in [0.5, 0.6) is 0 Å². The van der Waals surface area contributed by atoms with Crippen LogP contribution in [0.2, 0.25) is 0 Å². The van der Waals surface area contributed by atoms with Crippen LogP contribution in [0.1, 0.15) is 28.2 Å². The minimum atomic E-state index is -0.00329. The number of amides is 1. The predicted molar refractivity (Wildman–Crippen MR) is 62.6 cm³/mol. The molecule has 0 bridgehead atoms. The van der Waals surface area contributed by atoms with Crippen LogP contribution in [0.25, 0.3) is 0 Å². The van der Waals surface area contributed by atoms with Crippen LogP contribution < -0.4 is 0 Å². The van der Waals surface area contributed by atoms with Gasteiger partial charge in [0, 0.05) is 25.6 Å². The van der Waals surface area contributed by atoms with E-state index in [0.717, 1.165) is 12.1 Å². The van der Waals surface area contributed by atoms with Crippen LogP contribution in [0.4, 0.5) is 0 Å². The van der Waals surface area contributed by atoms with Gasteiger partial charge < -0.3 is 10.0 Å². The lowest BCUT2D eigenvalue weighted by atomic mass is 10.1. The molecule has 0 aromatic carbocycles. The number of carbonyl (C=O) groups is 1. The molecule has 5 heteroatoms. The van der Waals surface area contributed by atoms with Crippen LogP contribution in [0, 0.1) is 19.8 Å². The van der Waals surface area contributed by atoms with E-state index in [0.29, 0.717) is 24.3 Å². The number of aliphatic hydroxyl groups is 1. The average molecular weight is 235 g/mol. The predicted octanol–water partition coefficient (Wildman–Crippen LogP) is 0.548. The van der Waals surface area contributed by atoms with E-state index in [4.69, 9.17) is 5.11 Å². The molecule has 92 valence electrons. The van der Waals surface area contributed by atoms with Gasteiger partial charge >= 0.3 is 0 Å². The van der Waals surface area contributed by atoms with Gasteiger partial charge in [-0.2, -0.15) is 10.2 Å². The molecule has 1 aliphatic heterocycles. The summed E-state index contributed by atoms with van der Waals surface area (Å²) in [7, 11) is 0. The van der Waals surface area contributed by atoms with Crippen LogP contribution in [-0.4, -0.2) is 45.8 Å². The minimum absolute atomic E-state index is 0.00329. The summed E-state index contributed by atoms with van der Waals surface area (Å²) in [6, 6.07) is 1.77. The number of nitrogens with zero attached hydrogens (tertiary/aromatic N) is 3. The van der Waals surface area contributed by atoms with Crippen molar-refractivity contribution in [3.63, 3.8) is 0 Å². The quantitative estimate of drug-likeness (QED) is 0.813. The van der Waals surface area contributed by atoms with Crippen molar-refractivity contribution >= 4 is 5.91 Å². The third-order valence-corrected chi connectivity index (χ3v) is 3.16. The number of aromatic nitrogens is 2. The van der Waals surface area contributed by atoms with E-state index in [-0.39, 0.29) is 18.4 Å². The van der Waals surface area contributed by atoms with Crippen molar-refractivity contribution in [2.24, 2.45) is 5.92 Å². The van der Waals surface area contributed by atoms with Gasteiger partial charge in [-0.1, -0.05) is 0 Å². The SMILES string of the molecule is Cc1cc(C(=O)N2CCC(CO)C2)c(C)nn1. The Balaban J connectivity index is 2.17. The van der Waals surface area contributed by atoms with Crippen molar-refractivity contribution in [2.75, 3.05) is 19.7 Å². The summed E-state index contributed by atoms with van der Waals surface area (Å²) in [5.41, 5.74) is 2.03. The maximum absolute atomic E-state index is 12.3. The van der Waals surface area contributed by atoms with E-state index in [1.807, 2.05) is 6.92 Å². The lowest BCUT2D eigenvalue weighted by Crippen LogP contribution is -2.30. The average Bonchev–Trinajstić information content (AvgIpc) is 2.80. The molecule has 0 saturated carbocycles. The van der Waals surface area contributed by atoms with E-state index in [1.165, 1.54) is 0 Å². The molecule has 0 radical (unpaired) electrons. The number of rotatable bonds is 2. The van der Waals surface area contributed by atoms with Crippen LogP contribution in [-0.2, 0) is 0 Å². The second kappa shape index (κ2) is 4.79. The van der Waals surface area contributed by atoms with Crippen molar-refractivity contribution in [2.45, 2.75) is 20.3 Å². The van der Waals surface area contributed by atoms with E-state index in [1.54, 1.807) is 17.9 Å². The standard InChI is InChI=1S/C12H17N3O2/c1-8-5-11(9(2)14-13-8)12(17)15-4-3-10(6-15)7-16/h5,10,16H,3-4,6-7H2,1-2H3. The first kappa shape index (κ1) is 12.0. The molecule has 1 saturated heterocycles. The Morgan fingerprint density at radius 1 is 1.53 bits per heavy atom. The van der Waals surface area contributed by atoms with Gasteiger partial charge in [-0.05, 0) is 26.3 Å². The van der Waals surface area contributed by atoms with Gasteiger partial charge in [-0.3, -0.25) is 4.79 Å². The molecule has 2 heterocycles. The van der Waals surface area contributed by atoms with Crippen molar-refractivity contribution in [3.05, 3.63) is 23.0 Å². The Morgan fingerprint density at radius 2 is 2.29 bits per heavy atom. The maximum Gasteiger partial charge on any atom is 0.255 e. The molecule has 5 nitrogen and oxygen atoms in total. The van der Waals surface area contributed by atoms with Crippen molar-refractivity contribution in [1.82, 2.24) is 15.1 Å². The summed E-state index contributed by atoms with van der Waals surface area (Å²) in [5, 5.41) is 17.0. The molecule has 1 unspecified atom stereocenters.